The van der Waals surface area contributed by atoms with Crippen molar-refractivity contribution in [1.82, 2.24) is 15.5 Å². The molecular weight excluding hydrogens is 198 g/mol. The average molecular weight is 223 g/mol. The summed E-state index contributed by atoms with van der Waals surface area (Å²) < 4.78 is 0. The third kappa shape index (κ3) is 3.19. The summed E-state index contributed by atoms with van der Waals surface area (Å²) in [6, 6.07) is 2.61. The Morgan fingerprint density at radius 2 is 1.62 bits per heavy atom. The first-order valence-corrected chi connectivity index (χ1v) is 7.12. The molecular formula is C13H25N3. The Kier molecular flexibility index (Phi) is 3.46. The second-order valence-electron chi connectivity index (χ2n) is 5.75. The highest BCUT2D eigenvalue weighted by Gasteiger charge is 2.33. The molecule has 0 spiro atoms. The van der Waals surface area contributed by atoms with Crippen LogP contribution in [0, 0.1) is 0 Å². The number of hydrogen-bond acceptors (Lipinski definition) is 3. The largest absolute Gasteiger partial charge is 0.314 e. The molecule has 0 aromatic rings. The van der Waals surface area contributed by atoms with Crippen LogP contribution in [-0.4, -0.2) is 49.2 Å². The van der Waals surface area contributed by atoms with Crippen molar-refractivity contribution in [1.29, 1.82) is 0 Å². The van der Waals surface area contributed by atoms with Crippen molar-refractivity contribution in [3.8, 4) is 0 Å². The monoisotopic (exact) mass is 223 g/mol. The second-order valence-corrected chi connectivity index (χ2v) is 5.75. The number of rotatable bonds is 7. The summed E-state index contributed by atoms with van der Waals surface area (Å²) in [6.45, 7) is 5.04. The Hall–Kier alpha value is -0.120. The van der Waals surface area contributed by atoms with E-state index in [1.807, 2.05) is 0 Å². The molecule has 3 heteroatoms. The minimum Gasteiger partial charge on any atom is -0.314 e. The minimum absolute atomic E-state index is 0.779. The van der Waals surface area contributed by atoms with Crippen molar-refractivity contribution >= 4 is 0 Å². The summed E-state index contributed by atoms with van der Waals surface area (Å²) in [5.41, 5.74) is 0. The van der Waals surface area contributed by atoms with Gasteiger partial charge in [-0.05, 0) is 51.6 Å². The molecule has 2 N–H and O–H groups in total. The molecule has 3 fully saturated rings. The van der Waals surface area contributed by atoms with Gasteiger partial charge in [-0.3, -0.25) is 4.90 Å². The van der Waals surface area contributed by atoms with Crippen LogP contribution in [0.2, 0.25) is 0 Å². The number of nitrogens with one attached hydrogen (secondary N) is 2. The Balaban J connectivity index is 1.22. The van der Waals surface area contributed by atoms with Crippen LogP contribution in [0.15, 0.2) is 0 Å². The van der Waals surface area contributed by atoms with Gasteiger partial charge in [-0.25, -0.2) is 0 Å². The topological polar surface area (TPSA) is 27.3 Å². The van der Waals surface area contributed by atoms with Crippen LogP contribution in [0.4, 0.5) is 0 Å². The zero-order valence-electron chi connectivity index (χ0n) is 10.3. The van der Waals surface area contributed by atoms with Crippen LogP contribution < -0.4 is 10.6 Å². The maximum absolute atomic E-state index is 3.71. The van der Waals surface area contributed by atoms with Gasteiger partial charge in [0.1, 0.15) is 0 Å². The Bertz CT molecular complexity index is 223. The van der Waals surface area contributed by atoms with E-state index in [9.17, 15) is 0 Å². The molecule has 0 aromatic carbocycles. The lowest BCUT2D eigenvalue weighted by Crippen LogP contribution is -2.35. The van der Waals surface area contributed by atoms with E-state index in [2.05, 4.69) is 15.5 Å². The van der Waals surface area contributed by atoms with Gasteiger partial charge in [0, 0.05) is 31.2 Å². The van der Waals surface area contributed by atoms with Gasteiger partial charge >= 0.3 is 0 Å². The molecule has 0 bridgehead atoms. The van der Waals surface area contributed by atoms with Gasteiger partial charge in [0.15, 0.2) is 0 Å². The standard InChI is InChI=1S/C13H25N3/c1(7-14-11-2-3-11)8-15-12-6-9-16(10-12)13-4-5-13/h11-15H,1-10H2. The summed E-state index contributed by atoms with van der Waals surface area (Å²) in [6.07, 6.45) is 8.39. The smallest absolute Gasteiger partial charge is 0.0207 e. The van der Waals surface area contributed by atoms with E-state index >= 15 is 0 Å². The zero-order chi connectivity index (χ0) is 10.8. The molecule has 3 nitrogen and oxygen atoms in total. The first-order valence-electron chi connectivity index (χ1n) is 7.12. The predicted molar refractivity (Wildman–Crippen MR) is 66.6 cm³/mol. The molecule has 1 atom stereocenters. The quantitative estimate of drug-likeness (QED) is 0.629. The van der Waals surface area contributed by atoms with E-state index in [4.69, 9.17) is 0 Å². The summed E-state index contributed by atoms with van der Waals surface area (Å²) in [7, 11) is 0. The van der Waals surface area contributed by atoms with Crippen LogP contribution >= 0.6 is 0 Å². The molecule has 16 heavy (non-hydrogen) atoms. The van der Waals surface area contributed by atoms with Crippen molar-refractivity contribution in [3.63, 3.8) is 0 Å². The molecule has 0 aromatic heterocycles. The summed E-state index contributed by atoms with van der Waals surface area (Å²) in [4.78, 5) is 2.68. The molecule has 0 amide bonds. The average Bonchev–Trinajstić information content (AvgIpc) is 3.19. The molecule has 1 saturated heterocycles. The zero-order valence-corrected chi connectivity index (χ0v) is 10.3. The lowest BCUT2D eigenvalue weighted by Gasteiger charge is -2.15. The first kappa shape index (κ1) is 11.0. The predicted octanol–water partition coefficient (Wildman–Crippen LogP) is 0.955. The molecule has 1 heterocycles. The van der Waals surface area contributed by atoms with Crippen molar-refractivity contribution in [2.75, 3.05) is 26.2 Å². The van der Waals surface area contributed by atoms with Crippen LogP contribution in [-0.2, 0) is 0 Å². The lowest BCUT2D eigenvalue weighted by atomic mass is 10.2. The third-order valence-electron chi connectivity index (χ3n) is 4.08. The molecule has 2 saturated carbocycles. The van der Waals surface area contributed by atoms with E-state index in [-0.39, 0.29) is 0 Å². The maximum Gasteiger partial charge on any atom is 0.0207 e. The SMILES string of the molecule is C(CNC1CC1)CNC1CCN(C2CC2)C1. The summed E-state index contributed by atoms with van der Waals surface area (Å²) in [5.74, 6) is 0. The molecule has 3 rings (SSSR count). The highest BCUT2D eigenvalue weighted by atomic mass is 15.2. The van der Waals surface area contributed by atoms with Gasteiger partial charge in [0.25, 0.3) is 0 Å². The van der Waals surface area contributed by atoms with Gasteiger partial charge in [-0.1, -0.05) is 0 Å². The lowest BCUT2D eigenvalue weighted by molar-refractivity contribution is 0.317. The van der Waals surface area contributed by atoms with Crippen molar-refractivity contribution in [2.45, 2.75) is 56.7 Å². The van der Waals surface area contributed by atoms with E-state index in [0.717, 1.165) is 18.1 Å². The van der Waals surface area contributed by atoms with Crippen LogP contribution in [0.25, 0.3) is 0 Å². The van der Waals surface area contributed by atoms with E-state index in [1.165, 1.54) is 64.7 Å². The molecule has 3 aliphatic rings. The minimum atomic E-state index is 0.779. The van der Waals surface area contributed by atoms with Crippen molar-refractivity contribution in [2.24, 2.45) is 0 Å². The molecule has 1 aliphatic heterocycles. The van der Waals surface area contributed by atoms with Gasteiger partial charge in [0.2, 0.25) is 0 Å². The van der Waals surface area contributed by atoms with Gasteiger partial charge in [0.05, 0.1) is 0 Å². The van der Waals surface area contributed by atoms with E-state index in [1.54, 1.807) is 0 Å². The van der Waals surface area contributed by atoms with Gasteiger partial charge in [-0.15, -0.1) is 0 Å². The van der Waals surface area contributed by atoms with Gasteiger partial charge in [-0.2, -0.15) is 0 Å². The fourth-order valence-electron chi connectivity index (χ4n) is 2.71. The van der Waals surface area contributed by atoms with Crippen molar-refractivity contribution in [3.05, 3.63) is 0 Å². The van der Waals surface area contributed by atoms with Crippen LogP contribution in [0.3, 0.4) is 0 Å². The Morgan fingerprint density at radius 1 is 0.875 bits per heavy atom. The first-order chi connectivity index (χ1) is 7.92. The summed E-state index contributed by atoms with van der Waals surface area (Å²) in [5, 5.41) is 7.28. The highest BCUT2D eigenvalue weighted by molar-refractivity contribution is 4.91. The highest BCUT2D eigenvalue weighted by Crippen LogP contribution is 2.29. The van der Waals surface area contributed by atoms with Gasteiger partial charge < -0.3 is 10.6 Å². The molecule has 2 aliphatic carbocycles. The second kappa shape index (κ2) is 5.03. The fraction of sp³-hybridized carbons (Fsp3) is 1.00. The Labute approximate surface area is 99.0 Å². The number of nitrogens with zero attached hydrogens (tertiary/aromatic N) is 1. The number of likely N-dealkylation sites (tertiary alicyclic amines) is 1. The maximum atomic E-state index is 3.71. The molecule has 0 radical (unpaired) electrons. The molecule has 1 unspecified atom stereocenters. The van der Waals surface area contributed by atoms with E-state index < -0.39 is 0 Å². The summed E-state index contributed by atoms with van der Waals surface area (Å²) >= 11 is 0. The molecule has 92 valence electrons. The van der Waals surface area contributed by atoms with Crippen LogP contribution in [0.5, 0.6) is 0 Å². The fourth-order valence-corrected chi connectivity index (χ4v) is 2.71. The third-order valence-corrected chi connectivity index (χ3v) is 4.08. The normalized spacial score (nSPS) is 31.1. The Morgan fingerprint density at radius 3 is 2.31 bits per heavy atom. The number of hydrogen-bond donors (Lipinski definition) is 2. The van der Waals surface area contributed by atoms with E-state index in [0.29, 0.717) is 0 Å². The van der Waals surface area contributed by atoms with Crippen molar-refractivity contribution < 1.29 is 0 Å². The van der Waals surface area contributed by atoms with Crippen LogP contribution in [0.1, 0.15) is 38.5 Å².